The number of carbonyl (C=O) groups excluding carboxylic acids is 2. The summed E-state index contributed by atoms with van der Waals surface area (Å²) in [4.78, 5) is 23.4. The maximum absolute atomic E-state index is 11.7. The highest BCUT2D eigenvalue weighted by molar-refractivity contribution is 6.30. The van der Waals surface area contributed by atoms with Crippen molar-refractivity contribution >= 4 is 47.4 Å². The number of hydrogen-bond donors (Lipinski definition) is 2. The van der Waals surface area contributed by atoms with Gasteiger partial charge in [0, 0.05) is 22.9 Å². The third-order valence-electron chi connectivity index (χ3n) is 3.60. The molecule has 2 rings (SSSR count). The van der Waals surface area contributed by atoms with E-state index in [1.165, 1.54) is 0 Å². The van der Waals surface area contributed by atoms with Crippen molar-refractivity contribution in [2.75, 3.05) is 0 Å². The fraction of sp³-hybridized carbons (Fsp3) is 0.200. The molecule has 0 heterocycles. The van der Waals surface area contributed by atoms with Crippen molar-refractivity contribution < 1.29 is 9.59 Å². The van der Waals surface area contributed by atoms with Gasteiger partial charge < -0.3 is 0 Å². The van der Waals surface area contributed by atoms with Crippen molar-refractivity contribution in [2.24, 2.45) is 10.2 Å². The molecule has 6 nitrogen and oxygen atoms in total. The van der Waals surface area contributed by atoms with Crippen LogP contribution in [-0.2, 0) is 9.59 Å². The molecule has 0 spiro atoms. The fourth-order valence-electron chi connectivity index (χ4n) is 2.14. The molecule has 0 bridgehead atoms. The molecule has 0 atom stereocenters. The Hall–Kier alpha value is -2.70. The van der Waals surface area contributed by atoms with Crippen LogP contribution >= 0.6 is 23.2 Å². The predicted molar refractivity (Wildman–Crippen MR) is 113 cm³/mol. The lowest BCUT2D eigenvalue weighted by Gasteiger charge is -2.01. The van der Waals surface area contributed by atoms with E-state index < -0.39 is 0 Å². The van der Waals surface area contributed by atoms with Gasteiger partial charge in [-0.05, 0) is 48.2 Å². The van der Waals surface area contributed by atoms with Gasteiger partial charge in [-0.2, -0.15) is 10.2 Å². The maximum atomic E-state index is 11.7. The zero-order chi connectivity index (χ0) is 20.2. The lowest BCUT2D eigenvalue weighted by atomic mass is 10.2. The van der Waals surface area contributed by atoms with Gasteiger partial charge in [0.15, 0.2) is 0 Å². The predicted octanol–water partition coefficient (Wildman–Crippen LogP) is 4.15. The molecule has 0 saturated carbocycles. The summed E-state index contributed by atoms with van der Waals surface area (Å²) in [5.41, 5.74) is 6.58. The van der Waals surface area contributed by atoms with Crippen molar-refractivity contribution in [3.8, 4) is 0 Å². The molecular weight excluding hydrogens is 399 g/mol. The summed E-state index contributed by atoms with van der Waals surface area (Å²) in [5, 5.41) is 9.05. The minimum atomic E-state index is -0.202. The van der Waals surface area contributed by atoms with E-state index in [0.717, 1.165) is 11.1 Å². The molecule has 0 aromatic heterocycles. The molecule has 146 valence electrons. The second kappa shape index (κ2) is 11.9. The van der Waals surface area contributed by atoms with E-state index in [9.17, 15) is 9.59 Å². The molecule has 0 saturated heterocycles. The Bertz CT molecular complexity index is 763. The van der Waals surface area contributed by atoms with Crippen molar-refractivity contribution in [2.45, 2.75) is 25.7 Å². The number of hydrazone groups is 2. The molecule has 2 amide bonds. The highest BCUT2D eigenvalue weighted by Crippen LogP contribution is 2.08. The minimum Gasteiger partial charge on any atom is -0.273 e. The van der Waals surface area contributed by atoms with E-state index in [-0.39, 0.29) is 11.8 Å². The quantitative estimate of drug-likeness (QED) is 0.364. The van der Waals surface area contributed by atoms with Crippen molar-refractivity contribution in [1.82, 2.24) is 10.9 Å². The lowest BCUT2D eigenvalue weighted by molar-refractivity contribution is -0.123. The molecule has 0 aliphatic heterocycles. The minimum absolute atomic E-state index is 0.202. The van der Waals surface area contributed by atoms with Gasteiger partial charge in [0.1, 0.15) is 0 Å². The van der Waals surface area contributed by atoms with Crippen LogP contribution in [0.1, 0.15) is 36.8 Å². The largest absolute Gasteiger partial charge is 0.273 e. The van der Waals surface area contributed by atoms with Gasteiger partial charge in [0.25, 0.3) is 0 Å². The number of amides is 2. The maximum Gasteiger partial charge on any atom is 0.240 e. The third-order valence-corrected chi connectivity index (χ3v) is 4.11. The van der Waals surface area contributed by atoms with Crippen LogP contribution in [0.4, 0.5) is 0 Å². The Balaban J connectivity index is 1.57. The number of nitrogens with one attached hydrogen (secondary N) is 2. The average molecular weight is 419 g/mol. The highest BCUT2D eigenvalue weighted by Gasteiger charge is 2.03. The average Bonchev–Trinajstić information content (AvgIpc) is 2.68. The van der Waals surface area contributed by atoms with Crippen molar-refractivity contribution in [3.63, 3.8) is 0 Å². The van der Waals surface area contributed by atoms with Gasteiger partial charge in [-0.15, -0.1) is 0 Å². The normalized spacial score (nSPS) is 11.1. The van der Waals surface area contributed by atoms with Crippen LogP contribution in [-0.4, -0.2) is 24.2 Å². The number of unbranched alkanes of at least 4 members (excludes halogenated alkanes) is 1. The first-order valence-corrected chi connectivity index (χ1v) is 9.43. The number of halogens is 2. The van der Waals surface area contributed by atoms with Gasteiger partial charge >= 0.3 is 0 Å². The third kappa shape index (κ3) is 8.79. The van der Waals surface area contributed by atoms with Gasteiger partial charge in [0.2, 0.25) is 11.8 Å². The Morgan fingerprint density at radius 1 is 0.714 bits per heavy atom. The van der Waals surface area contributed by atoms with Crippen LogP contribution in [0.2, 0.25) is 10.0 Å². The second-order valence-corrected chi connectivity index (χ2v) is 6.77. The molecule has 28 heavy (non-hydrogen) atoms. The first kappa shape index (κ1) is 21.6. The van der Waals surface area contributed by atoms with E-state index >= 15 is 0 Å². The molecule has 2 aromatic rings. The number of carbonyl (C=O) groups is 2. The molecule has 0 aliphatic rings. The van der Waals surface area contributed by atoms with E-state index in [4.69, 9.17) is 23.2 Å². The monoisotopic (exact) mass is 418 g/mol. The SMILES string of the molecule is O=C(CCCCC(=O)N/N=C\c1ccc(Cl)cc1)N/N=C\c1ccc(Cl)cc1. The first-order valence-electron chi connectivity index (χ1n) is 8.68. The van der Waals surface area contributed by atoms with E-state index in [1.807, 2.05) is 0 Å². The summed E-state index contributed by atoms with van der Waals surface area (Å²) < 4.78 is 0. The molecular formula is C20H20Cl2N4O2. The number of benzene rings is 2. The van der Waals surface area contributed by atoms with Gasteiger partial charge in [-0.1, -0.05) is 47.5 Å². The standard InChI is InChI=1S/C20H20Cl2N4O2/c21-17-9-5-15(6-10-17)13-23-25-19(27)3-1-2-4-20(28)26-24-14-16-7-11-18(22)12-8-16/h5-14H,1-4H2,(H,25,27)(H,26,28)/b23-13-,24-14-. The highest BCUT2D eigenvalue weighted by atomic mass is 35.5. The molecule has 0 aliphatic carbocycles. The Morgan fingerprint density at radius 3 is 1.43 bits per heavy atom. The van der Waals surface area contributed by atoms with Crippen molar-refractivity contribution in [3.05, 3.63) is 69.7 Å². The zero-order valence-electron chi connectivity index (χ0n) is 15.1. The van der Waals surface area contributed by atoms with E-state index in [1.54, 1.807) is 61.0 Å². The van der Waals surface area contributed by atoms with Crippen LogP contribution in [0.15, 0.2) is 58.7 Å². The first-order chi connectivity index (χ1) is 13.5. The van der Waals surface area contributed by atoms with Crippen molar-refractivity contribution in [1.29, 1.82) is 0 Å². The van der Waals surface area contributed by atoms with Crippen LogP contribution in [0.25, 0.3) is 0 Å². The summed E-state index contributed by atoms with van der Waals surface area (Å²) in [6, 6.07) is 14.2. The Labute approximate surface area is 173 Å². The second-order valence-electron chi connectivity index (χ2n) is 5.90. The van der Waals surface area contributed by atoms with Crippen LogP contribution < -0.4 is 10.9 Å². The molecule has 0 fully saturated rings. The van der Waals surface area contributed by atoms with Gasteiger partial charge in [-0.25, -0.2) is 10.9 Å². The molecule has 2 N–H and O–H groups in total. The van der Waals surface area contributed by atoms with Crippen LogP contribution in [0.5, 0.6) is 0 Å². The van der Waals surface area contributed by atoms with E-state index in [0.29, 0.717) is 35.7 Å². The van der Waals surface area contributed by atoms with Crippen LogP contribution in [0.3, 0.4) is 0 Å². The zero-order valence-corrected chi connectivity index (χ0v) is 16.6. The molecule has 2 aromatic carbocycles. The number of rotatable bonds is 9. The smallest absolute Gasteiger partial charge is 0.240 e. The number of hydrogen-bond acceptors (Lipinski definition) is 4. The summed E-state index contributed by atoms with van der Waals surface area (Å²) in [5.74, 6) is -0.405. The Kier molecular flexibility index (Phi) is 9.18. The molecule has 8 heteroatoms. The topological polar surface area (TPSA) is 82.9 Å². The van der Waals surface area contributed by atoms with Gasteiger partial charge in [0.05, 0.1) is 12.4 Å². The Morgan fingerprint density at radius 2 is 1.07 bits per heavy atom. The van der Waals surface area contributed by atoms with E-state index in [2.05, 4.69) is 21.1 Å². The summed E-state index contributed by atoms with van der Waals surface area (Å²) in [7, 11) is 0. The fourth-order valence-corrected chi connectivity index (χ4v) is 2.39. The summed E-state index contributed by atoms with van der Waals surface area (Å²) in [6.07, 6.45) is 4.83. The molecule has 0 radical (unpaired) electrons. The summed E-state index contributed by atoms with van der Waals surface area (Å²) >= 11 is 11.6. The lowest BCUT2D eigenvalue weighted by Crippen LogP contribution is -2.19. The number of nitrogens with zero attached hydrogens (tertiary/aromatic N) is 2. The van der Waals surface area contributed by atoms with Crippen LogP contribution in [0, 0.1) is 0 Å². The van der Waals surface area contributed by atoms with Gasteiger partial charge in [-0.3, -0.25) is 9.59 Å². The molecule has 0 unspecified atom stereocenters. The summed E-state index contributed by atoms with van der Waals surface area (Å²) in [6.45, 7) is 0.